The number of pyridine rings is 4. The van der Waals surface area contributed by atoms with Gasteiger partial charge in [-0.2, -0.15) is 0 Å². The molecule has 8 heteroatoms. The highest BCUT2D eigenvalue weighted by Gasteiger charge is 2.12. The number of fused-ring (bicyclic) bond motifs is 3. The molecule has 0 aliphatic heterocycles. The molecule has 0 aliphatic carbocycles. The van der Waals surface area contributed by atoms with Crippen molar-refractivity contribution in [2.45, 2.75) is 0 Å². The molecule has 1 aromatic carbocycles. The van der Waals surface area contributed by atoms with Crippen LogP contribution in [0.25, 0.3) is 32.9 Å². The number of hydrogen-bond donors (Lipinski definition) is 1. The maximum absolute atomic E-state index is 5.86. The number of nitrogens with zero attached hydrogens (tertiary/aromatic N) is 4. The number of nitrogen functional groups attached to an aromatic ring is 1. The van der Waals surface area contributed by atoms with Crippen molar-refractivity contribution in [1.29, 1.82) is 0 Å². The quantitative estimate of drug-likeness (QED) is 0.406. The monoisotopic (exact) mass is 425 g/mol. The first-order valence-corrected chi connectivity index (χ1v) is 9.79. The van der Waals surface area contributed by atoms with Crippen LogP contribution in [-0.2, 0) is 0 Å². The van der Waals surface area contributed by atoms with Crippen LogP contribution in [0.15, 0.2) is 67.5 Å². The van der Waals surface area contributed by atoms with Crippen molar-refractivity contribution in [1.82, 2.24) is 19.9 Å². The predicted octanol–water partition coefficient (Wildman–Crippen LogP) is 4.63. The summed E-state index contributed by atoms with van der Waals surface area (Å²) in [5.74, 6) is 2.36. The third-order valence-corrected chi connectivity index (χ3v) is 5.05. The van der Waals surface area contributed by atoms with E-state index in [0.29, 0.717) is 28.7 Å². The standard InChI is InChI=1S/C24H19N5O3/c1-30-23-6-20-19-5-21(28-9-15(19)10-29-22(20)7-24(23)31-2)14-3-17(12-26-8-14)32-18-4-16(25)11-27-13-18/h3-13H,25H2,1-2H3. The first-order chi connectivity index (χ1) is 15.6. The Hall–Kier alpha value is -4.46. The van der Waals surface area contributed by atoms with Crippen molar-refractivity contribution in [3.8, 4) is 34.3 Å². The molecular weight excluding hydrogens is 406 g/mol. The Balaban J connectivity index is 1.59. The van der Waals surface area contributed by atoms with Gasteiger partial charge >= 0.3 is 0 Å². The van der Waals surface area contributed by atoms with Gasteiger partial charge < -0.3 is 19.9 Å². The molecule has 0 aliphatic rings. The smallest absolute Gasteiger partial charge is 0.162 e. The van der Waals surface area contributed by atoms with Gasteiger partial charge in [0, 0.05) is 47.1 Å². The lowest BCUT2D eigenvalue weighted by Crippen LogP contribution is -1.93. The van der Waals surface area contributed by atoms with Gasteiger partial charge in [0.25, 0.3) is 0 Å². The molecule has 5 rings (SSSR count). The molecule has 32 heavy (non-hydrogen) atoms. The fraction of sp³-hybridized carbons (Fsp3) is 0.0833. The van der Waals surface area contributed by atoms with Crippen LogP contribution in [0.5, 0.6) is 23.0 Å². The molecule has 8 nitrogen and oxygen atoms in total. The van der Waals surface area contributed by atoms with Gasteiger partial charge in [-0.05, 0) is 23.6 Å². The van der Waals surface area contributed by atoms with Crippen LogP contribution in [-0.4, -0.2) is 34.2 Å². The number of ether oxygens (including phenoxy) is 3. The number of anilines is 1. The minimum absolute atomic E-state index is 0.523. The van der Waals surface area contributed by atoms with E-state index in [1.807, 2.05) is 24.3 Å². The summed E-state index contributed by atoms with van der Waals surface area (Å²) < 4.78 is 16.7. The highest BCUT2D eigenvalue weighted by molar-refractivity contribution is 6.07. The molecule has 0 fully saturated rings. The maximum Gasteiger partial charge on any atom is 0.162 e. The second-order valence-corrected chi connectivity index (χ2v) is 7.10. The normalized spacial score (nSPS) is 10.9. The topological polar surface area (TPSA) is 105 Å². The maximum atomic E-state index is 5.86. The molecule has 4 heterocycles. The molecule has 5 aromatic rings. The third-order valence-electron chi connectivity index (χ3n) is 5.05. The van der Waals surface area contributed by atoms with Gasteiger partial charge in [0.2, 0.25) is 0 Å². The lowest BCUT2D eigenvalue weighted by molar-refractivity contribution is 0.356. The molecule has 0 saturated carbocycles. The van der Waals surface area contributed by atoms with E-state index < -0.39 is 0 Å². The number of aromatic nitrogens is 4. The Bertz CT molecular complexity index is 1460. The lowest BCUT2D eigenvalue weighted by Gasteiger charge is -2.11. The van der Waals surface area contributed by atoms with E-state index in [1.54, 1.807) is 57.5 Å². The minimum atomic E-state index is 0.523. The van der Waals surface area contributed by atoms with Crippen molar-refractivity contribution in [3.63, 3.8) is 0 Å². The predicted molar refractivity (Wildman–Crippen MR) is 122 cm³/mol. The summed E-state index contributed by atoms with van der Waals surface area (Å²) in [4.78, 5) is 17.5. The van der Waals surface area contributed by atoms with Crippen LogP contribution in [0.3, 0.4) is 0 Å². The third kappa shape index (κ3) is 3.58. The van der Waals surface area contributed by atoms with E-state index in [2.05, 4.69) is 19.9 Å². The van der Waals surface area contributed by atoms with Gasteiger partial charge in [-0.15, -0.1) is 0 Å². The van der Waals surface area contributed by atoms with E-state index in [1.165, 1.54) is 0 Å². The van der Waals surface area contributed by atoms with Crippen molar-refractivity contribution in [2.75, 3.05) is 20.0 Å². The molecule has 0 unspecified atom stereocenters. The van der Waals surface area contributed by atoms with Crippen LogP contribution in [0.1, 0.15) is 0 Å². The highest BCUT2D eigenvalue weighted by Crippen LogP contribution is 2.35. The Morgan fingerprint density at radius 2 is 1.41 bits per heavy atom. The van der Waals surface area contributed by atoms with Crippen molar-refractivity contribution in [3.05, 3.63) is 67.5 Å². The van der Waals surface area contributed by atoms with E-state index in [-0.39, 0.29) is 0 Å². The second-order valence-electron chi connectivity index (χ2n) is 7.10. The number of methoxy groups -OCH3 is 2. The fourth-order valence-electron chi connectivity index (χ4n) is 3.53. The molecule has 0 amide bonds. The Morgan fingerprint density at radius 1 is 0.688 bits per heavy atom. The van der Waals surface area contributed by atoms with E-state index in [0.717, 1.165) is 32.9 Å². The lowest BCUT2D eigenvalue weighted by atomic mass is 10.0. The Kier molecular flexibility index (Phi) is 4.87. The van der Waals surface area contributed by atoms with Gasteiger partial charge in [-0.3, -0.25) is 19.9 Å². The van der Waals surface area contributed by atoms with Crippen LogP contribution in [0.2, 0.25) is 0 Å². The Morgan fingerprint density at radius 3 is 2.19 bits per heavy atom. The van der Waals surface area contributed by atoms with Crippen LogP contribution < -0.4 is 19.9 Å². The van der Waals surface area contributed by atoms with Gasteiger partial charge in [0.15, 0.2) is 11.5 Å². The fourth-order valence-corrected chi connectivity index (χ4v) is 3.53. The number of benzene rings is 1. The number of hydrogen-bond acceptors (Lipinski definition) is 8. The molecule has 0 bridgehead atoms. The number of nitrogens with two attached hydrogens (primary N) is 1. The van der Waals surface area contributed by atoms with E-state index in [9.17, 15) is 0 Å². The molecule has 0 radical (unpaired) electrons. The molecule has 158 valence electrons. The minimum Gasteiger partial charge on any atom is -0.493 e. The SMILES string of the molecule is COc1cc2ncc3cnc(-c4cncc(Oc5cncc(N)c5)c4)cc3c2cc1OC. The molecule has 2 N–H and O–H groups in total. The average molecular weight is 425 g/mol. The van der Waals surface area contributed by atoms with Crippen molar-refractivity contribution >= 4 is 27.4 Å². The average Bonchev–Trinajstić information content (AvgIpc) is 2.83. The largest absolute Gasteiger partial charge is 0.493 e. The summed E-state index contributed by atoms with van der Waals surface area (Å²) in [5, 5.41) is 2.85. The van der Waals surface area contributed by atoms with Gasteiger partial charge in [0.1, 0.15) is 11.5 Å². The first-order valence-electron chi connectivity index (χ1n) is 9.79. The summed E-state index contributed by atoms with van der Waals surface area (Å²) in [6.07, 6.45) is 10.1. The Labute approximate surface area is 183 Å². The summed E-state index contributed by atoms with van der Waals surface area (Å²) >= 11 is 0. The van der Waals surface area contributed by atoms with E-state index >= 15 is 0 Å². The summed E-state index contributed by atoms with van der Waals surface area (Å²) in [5.41, 5.74) is 8.67. The van der Waals surface area contributed by atoms with E-state index in [4.69, 9.17) is 19.9 Å². The van der Waals surface area contributed by atoms with Gasteiger partial charge in [-0.25, -0.2) is 0 Å². The van der Waals surface area contributed by atoms with Crippen LogP contribution in [0, 0.1) is 0 Å². The second kappa shape index (κ2) is 7.99. The van der Waals surface area contributed by atoms with Crippen LogP contribution >= 0.6 is 0 Å². The molecule has 0 saturated heterocycles. The molecule has 0 spiro atoms. The zero-order chi connectivity index (χ0) is 22.1. The zero-order valence-electron chi connectivity index (χ0n) is 17.4. The van der Waals surface area contributed by atoms with Crippen molar-refractivity contribution < 1.29 is 14.2 Å². The first kappa shape index (κ1) is 19.5. The number of rotatable bonds is 5. The van der Waals surface area contributed by atoms with Gasteiger partial charge in [0.05, 0.1) is 49.7 Å². The van der Waals surface area contributed by atoms with Crippen molar-refractivity contribution in [2.24, 2.45) is 0 Å². The summed E-state index contributed by atoms with van der Waals surface area (Å²) in [7, 11) is 3.22. The molecule has 0 atom stereocenters. The van der Waals surface area contributed by atoms with Crippen LogP contribution in [0.4, 0.5) is 5.69 Å². The van der Waals surface area contributed by atoms with Gasteiger partial charge in [-0.1, -0.05) is 0 Å². The highest BCUT2D eigenvalue weighted by atomic mass is 16.5. The molecular formula is C24H19N5O3. The zero-order valence-corrected chi connectivity index (χ0v) is 17.4. The summed E-state index contributed by atoms with van der Waals surface area (Å²) in [6, 6.07) is 9.38. The summed E-state index contributed by atoms with van der Waals surface area (Å²) in [6.45, 7) is 0. The molecule has 4 aromatic heterocycles.